The van der Waals surface area contributed by atoms with Crippen molar-refractivity contribution in [2.45, 2.75) is 26.4 Å². The molecular formula is C20H34ClIN4O. The monoisotopic (exact) mass is 508 g/mol. The third-order valence-corrected chi connectivity index (χ3v) is 5.39. The molecule has 154 valence electrons. The van der Waals surface area contributed by atoms with Crippen LogP contribution in [0.2, 0.25) is 5.02 Å². The van der Waals surface area contributed by atoms with Gasteiger partial charge in [0.1, 0.15) is 0 Å². The van der Waals surface area contributed by atoms with E-state index in [0.717, 1.165) is 42.7 Å². The molecule has 27 heavy (non-hydrogen) atoms. The van der Waals surface area contributed by atoms with E-state index in [1.807, 2.05) is 31.3 Å². The lowest BCUT2D eigenvalue weighted by Gasteiger charge is -2.25. The van der Waals surface area contributed by atoms with Crippen molar-refractivity contribution in [2.24, 2.45) is 10.9 Å². The minimum atomic E-state index is -0.0560. The minimum absolute atomic E-state index is 0. The Morgan fingerprint density at radius 3 is 2.74 bits per heavy atom. The van der Waals surface area contributed by atoms with E-state index < -0.39 is 0 Å². The van der Waals surface area contributed by atoms with E-state index in [0.29, 0.717) is 12.5 Å². The van der Waals surface area contributed by atoms with Crippen molar-refractivity contribution < 1.29 is 4.74 Å². The highest BCUT2D eigenvalue weighted by atomic mass is 127. The average molecular weight is 509 g/mol. The molecule has 2 rings (SSSR count). The normalized spacial score (nSPS) is 18.5. The summed E-state index contributed by atoms with van der Waals surface area (Å²) in [5, 5.41) is 4.21. The van der Waals surface area contributed by atoms with E-state index in [9.17, 15) is 0 Å². The first-order chi connectivity index (χ1) is 12.6. The highest BCUT2D eigenvalue weighted by Crippen LogP contribution is 2.21. The van der Waals surface area contributed by atoms with Gasteiger partial charge in [0.25, 0.3) is 0 Å². The zero-order chi connectivity index (χ0) is 18.9. The number of nitrogens with zero attached hydrogens (tertiary/aromatic N) is 3. The molecule has 0 spiro atoms. The van der Waals surface area contributed by atoms with Crippen LogP contribution in [0.3, 0.4) is 0 Å². The summed E-state index contributed by atoms with van der Waals surface area (Å²) in [5.74, 6) is 1.66. The second-order valence-electron chi connectivity index (χ2n) is 6.79. The van der Waals surface area contributed by atoms with Crippen molar-refractivity contribution in [3.63, 3.8) is 0 Å². The number of rotatable bonds is 8. The van der Waals surface area contributed by atoms with E-state index in [4.69, 9.17) is 16.3 Å². The maximum Gasteiger partial charge on any atom is 0.193 e. The van der Waals surface area contributed by atoms with Crippen LogP contribution in [0.1, 0.15) is 31.9 Å². The third kappa shape index (κ3) is 7.40. The Morgan fingerprint density at radius 1 is 1.41 bits per heavy atom. The fourth-order valence-corrected chi connectivity index (χ4v) is 3.78. The van der Waals surface area contributed by atoms with E-state index in [2.05, 4.69) is 34.0 Å². The molecule has 2 atom stereocenters. The van der Waals surface area contributed by atoms with Gasteiger partial charge in [-0.25, -0.2) is 0 Å². The molecule has 1 heterocycles. The lowest BCUT2D eigenvalue weighted by Crippen LogP contribution is -2.42. The Morgan fingerprint density at radius 2 is 2.15 bits per heavy atom. The van der Waals surface area contributed by atoms with Crippen LogP contribution in [0, 0.1) is 5.92 Å². The second-order valence-corrected chi connectivity index (χ2v) is 7.23. The molecule has 1 aliphatic rings. The molecule has 0 saturated carbocycles. The van der Waals surface area contributed by atoms with E-state index in [1.54, 1.807) is 7.11 Å². The SMILES string of the molecule is CCN(CC)CC1CCN(C(=NC)NCC(OC)c2cccc(Cl)c2)C1.I. The smallest absolute Gasteiger partial charge is 0.193 e. The van der Waals surface area contributed by atoms with Crippen LogP contribution < -0.4 is 5.32 Å². The number of aliphatic imine (C=N–C) groups is 1. The van der Waals surface area contributed by atoms with Gasteiger partial charge in [0.05, 0.1) is 6.10 Å². The Balaban J connectivity index is 0.00000364. The van der Waals surface area contributed by atoms with Crippen LogP contribution in [0.5, 0.6) is 0 Å². The quantitative estimate of drug-likeness (QED) is 0.329. The fraction of sp³-hybridized carbons (Fsp3) is 0.650. The van der Waals surface area contributed by atoms with E-state index in [-0.39, 0.29) is 30.1 Å². The Hall–Kier alpha value is -0.570. The first-order valence-electron chi connectivity index (χ1n) is 9.57. The van der Waals surface area contributed by atoms with Gasteiger partial charge < -0.3 is 19.9 Å². The predicted molar refractivity (Wildman–Crippen MR) is 125 cm³/mol. The molecular weight excluding hydrogens is 475 g/mol. The summed E-state index contributed by atoms with van der Waals surface area (Å²) in [6, 6.07) is 7.83. The fourth-order valence-electron chi connectivity index (χ4n) is 3.58. The zero-order valence-electron chi connectivity index (χ0n) is 16.9. The summed E-state index contributed by atoms with van der Waals surface area (Å²) in [6.07, 6.45) is 1.17. The summed E-state index contributed by atoms with van der Waals surface area (Å²) in [6.45, 7) is 10.7. The van der Waals surface area contributed by atoms with Gasteiger partial charge in [-0.15, -0.1) is 24.0 Å². The molecule has 5 nitrogen and oxygen atoms in total. The van der Waals surface area contributed by atoms with Gasteiger partial charge in [-0.1, -0.05) is 37.6 Å². The van der Waals surface area contributed by atoms with Crippen molar-refractivity contribution in [3.8, 4) is 0 Å². The maximum atomic E-state index is 6.11. The summed E-state index contributed by atoms with van der Waals surface area (Å²) in [7, 11) is 3.58. The topological polar surface area (TPSA) is 40.1 Å². The number of halogens is 2. The number of methoxy groups -OCH3 is 1. The number of benzene rings is 1. The van der Waals surface area contributed by atoms with Gasteiger partial charge >= 0.3 is 0 Å². The summed E-state index contributed by atoms with van der Waals surface area (Å²) in [4.78, 5) is 9.34. The number of hydrogen-bond donors (Lipinski definition) is 1. The zero-order valence-corrected chi connectivity index (χ0v) is 20.0. The van der Waals surface area contributed by atoms with Crippen LogP contribution >= 0.6 is 35.6 Å². The molecule has 1 N–H and O–H groups in total. The standard InChI is InChI=1S/C20H33ClN4O.HI/c1-5-24(6-2)14-16-10-11-25(15-16)20(22-3)23-13-19(26-4)17-8-7-9-18(21)12-17;/h7-9,12,16,19H,5-6,10-11,13-15H2,1-4H3,(H,22,23);1H. The highest BCUT2D eigenvalue weighted by molar-refractivity contribution is 14.0. The van der Waals surface area contributed by atoms with Gasteiger partial charge in [-0.05, 0) is 43.1 Å². The lowest BCUT2D eigenvalue weighted by molar-refractivity contribution is 0.106. The first kappa shape index (κ1) is 24.5. The second kappa shape index (κ2) is 12.8. The molecule has 1 fully saturated rings. The largest absolute Gasteiger partial charge is 0.375 e. The number of hydrogen-bond acceptors (Lipinski definition) is 3. The summed E-state index contributed by atoms with van der Waals surface area (Å²) < 4.78 is 5.65. The number of guanidine groups is 1. The van der Waals surface area contributed by atoms with Crippen LogP contribution in [-0.2, 0) is 4.74 Å². The van der Waals surface area contributed by atoms with Crippen molar-refractivity contribution >= 4 is 41.5 Å². The van der Waals surface area contributed by atoms with Crippen molar-refractivity contribution in [2.75, 3.05) is 53.4 Å². The third-order valence-electron chi connectivity index (χ3n) is 5.16. The molecule has 0 aliphatic carbocycles. The van der Waals surface area contributed by atoms with Gasteiger partial charge in [-0.3, -0.25) is 4.99 Å². The van der Waals surface area contributed by atoms with Gasteiger partial charge in [0.2, 0.25) is 0 Å². The Bertz CT molecular complexity index is 583. The molecule has 0 bridgehead atoms. The number of nitrogens with one attached hydrogen (secondary N) is 1. The Kier molecular flexibility index (Phi) is 11.6. The molecule has 0 radical (unpaired) electrons. The molecule has 2 unspecified atom stereocenters. The number of likely N-dealkylation sites (tertiary alicyclic amines) is 1. The van der Waals surface area contributed by atoms with Crippen molar-refractivity contribution in [3.05, 3.63) is 34.9 Å². The summed E-state index contributed by atoms with van der Waals surface area (Å²) in [5.41, 5.74) is 1.07. The van der Waals surface area contributed by atoms with Crippen molar-refractivity contribution in [1.82, 2.24) is 15.1 Å². The van der Waals surface area contributed by atoms with Gasteiger partial charge in [0.15, 0.2) is 5.96 Å². The molecule has 1 aromatic rings. The van der Waals surface area contributed by atoms with Crippen LogP contribution in [0.25, 0.3) is 0 Å². The summed E-state index contributed by atoms with van der Waals surface area (Å²) >= 11 is 6.11. The lowest BCUT2D eigenvalue weighted by atomic mass is 10.1. The van der Waals surface area contributed by atoms with Crippen molar-refractivity contribution in [1.29, 1.82) is 0 Å². The maximum absolute atomic E-state index is 6.11. The molecule has 1 aliphatic heterocycles. The van der Waals surface area contributed by atoms with Crippen LogP contribution in [0.4, 0.5) is 0 Å². The minimum Gasteiger partial charge on any atom is -0.375 e. The molecule has 7 heteroatoms. The van der Waals surface area contributed by atoms with E-state index >= 15 is 0 Å². The van der Waals surface area contributed by atoms with Gasteiger partial charge in [0, 0.05) is 45.4 Å². The Labute approximate surface area is 186 Å². The number of ether oxygens (including phenoxy) is 1. The van der Waals surface area contributed by atoms with Crippen LogP contribution in [0.15, 0.2) is 29.3 Å². The van der Waals surface area contributed by atoms with E-state index in [1.165, 1.54) is 13.0 Å². The van der Waals surface area contributed by atoms with Crippen LogP contribution in [-0.4, -0.2) is 69.2 Å². The average Bonchev–Trinajstić information content (AvgIpc) is 3.11. The molecule has 0 amide bonds. The predicted octanol–water partition coefficient (Wildman–Crippen LogP) is 3.88. The molecule has 1 saturated heterocycles. The molecule has 1 aromatic carbocycles. The highest BCUT2D eigenvalue weighted by Gasteiger charge is 2.26. The van der Waals surface area contributed by atoms with Gasteiger partial charge in [-0.2, -0.15) is 0 Å². The molecule has 0 aromatic heterocycles. The first-order valence-corrected chi connectivity index (χ1v) is 9.95.